The number of nitrogens with one attached hydrogen (secondary N) is 3. The third-order valence-corrected chi connectivity index (χ3v) is 9.00. The van der Waals surface area contributed by atoms with Crippen LogP contribution in [0.1, 0.15) is 30.6 Å². The summed E-state index contributed by atoms with van der Waals surface area (Å²) < 4.78 is 33.3. The third-order valence-electron chi connectivity index (χ3n) is 6.69. The Balaban J connectivity index is 1.28. The monoisotopic (exact) mass is 609 g/mol. The van der Waals surface area contributed by atoms with Gasteiger partial charge in [0.15, 0.2) is 0 Å². The molecule has 0 unspecified atom stereocenters. The smallest absolute Gasteiger partial charge is 0.319 e. The number of carbonyl (C=O) groups is 3. The maximum Gasteiger partial charge on any atom is 0.319 e. The Kier molecular flexibility index (Phi) is 10.1. The van der Waals surface area contributed by atoms with Gasteiger partial charge in [-0.1, -0.05) is 17.7 Å². The second-order valence-corrected chi connectivity index (χ2v) is 12.9. The molecule has 1 aromatic carbocycles. The summed E-state index contributed by atoms with van der Waals surface area (Å²) in [6, 6.07) is 8.81. The summed E-state index contributed by atoms with van der Waals surface area (Å²) in [6.07, 6.45) is 3.84. The fourth-order valence-electron chi connectivity index (χ4n) is 4.74. The van der Waals surface area contributed by atoms with Gasteiger partial charge >= 0.3 is 6.03 Å². The molecule has 3 heterocycles. The van der Waals surface area contributed by atoms with Crippen molar-refractivity contribution in [3.63, 3.8) is 0 Å². The van der Waals surface area contributed by atoms with E-state index in [2.05, 4.69) is 15.4 Å². The van der Waals surface area contributed by atoms with Crippen LogP contribution >= 0.6 is 22.9 Å². The molecule has 2 saturated heterocycles. The Morgan fingerprint density at radius 3 is 2.73 bits per heavy atom. The first-order chi connectivity index (χ1) is 19.1. The molecular formula is C26H32ClN5O6S2. The van der Waals surface area contributed by atoms with Crippen molar-refractivity contribution in [2.75, 3.05) is 38.6 Å². The zero-order valence-electron chi connectivity index (χ0n) is 22.0. The predicted molar refractivity (Wildman–Crippen MR) is 155 cm³/mol. The second kappa shape index (κ2) is 13.5. The lowest BCUT2D eigenvalue weighted by Crippen LogP contribution is -2.55. The van der Waals surface area contributed by atoms with E-state index in [9.17, 15) is 22.8 Å². The summed E-state index contributed by atoms with van der Waals surface area (Å²) in [5.74, 6) is -0.0426. The highest BCUT2D eigenvalue weighted by Gasteiger charge is 2.35. The fourth-order valence-corrected chi connectivity index (χ4v) is 6.81. The first-order valence-electron chi connectivity index (χ1n) is 12.9. The van der Waals surface area contributed by atoms with Crippen molar-refractivity contribution < 1.29 is 27.5 Å². The van der Waals surface area contributed by atoms with E-state index >= 15 is 0 Å². The Morgan fingerprint density at radius 1 is 1.18 bits per heavy atom. The first-order valence-corrected chi connectivity index (χ1v) is 15.6. The maximum atomic E-state index is 13.2. The molecule has 216 valence electrons. The van der Waals surface area contributed by atoms with E-state index in [1.165, 1.54) is 22.3 Å². The van der Waals surface area contributed by atoms with Crippen molar-refractivity contribution in [1.82, 2.24) is 19.8 Å². The van der Waals surface area contributed by atoms with Crippen molar-refractivity contribution >= 4 is 62.6 Å². The van der Waals surface area contributed by atoms with Crippen LogP contribution in [0.3, 0.4) is 0 Å². The highest BCUT2D eigenvalue weighted by molar-refractivity contribution is 7.92. The number of hydrogen-bond donors (Lipinski definition) is 3. The number of amides is 4. The molecule has 4 amide bonds. The number of nitrogens with zero attached hydrogens (tertiary/aromatic N) is 2. The van der Waals surface area contributed by atoms with Crippen LogP contribution < -0.4 is 20.1 Å². The number of thiophene rings is 1. The molecule has 3 N–H and O–H groups in total. The highest BCUT2D eigenvalue weighted by Crippen LogP contribution is 2.23. The molecule has 2 aromatic rings. The SMILES string of the molecule is COc1cccc(NC(=O)NC[C@@H]2CCCN2C(=O)CN2CCC[C@H](NS(=O)(=O)C=Cc3ccc(Cl)s3)C2=O)c1. The summed E-state index contributed by atoms with van der Waals surface area (Å²) in [7, 11) is -2.34. The van der Waals surface area contributed by atoms with E-state index in [4.69, 9.17) is 16.3 Å². The number of methoxy groups -OCH3 is 1. The number of hydrogen-bond acceptors (Lipinski definition) is 7. The molecule has 0 saturated carbocycles. The molecule has 2 aliphatic rings. The molecule has 0 bridgehead atoms. The second-order valence-electron chi connectivity index (χ2n) is 9.51. The quantitative estimate of drug-likeness (QED) is 0.379. The predicted octanol–water partition coefficient (Wildman–Crippen LogP) is 3.10. The molecular weight excluding hydrogens is 578 g/mol. The average Bonchev–Trinajstić information content (AvgIpc) is 3.57. The molecule has 0 aliphatic carbocycles. The Morgan fingerprint density at radius 2 is 1.98 bits per heavy atom. The van der Waals surface area contributed by atoms with Crippen LogP contribution in [-0.4, -0.2) is 81.4 Å². The van der Waals surface area contributed by atoms with Gasteiger partial charge < -0.3 is 25.2 Å². The largest absolute Gasteiger partial charge is 0.497 e. The zero-order chi connectivity index (χ0) is 28.7. The molecule has 2 fully saturated rings. The number of piperidine rings is 1. The maximum absolute atomic E-state index is 13.2. The minimum atomic E-state index is -3.88. The van der Waals surface area contributed by atoms with E-state index in [-0.39, 0.29) is 25.0 Å². The standard InChI is InChI=1S/C26H32ClN5O6S2/c1-38-20-7-2-5-18(15-20)29-26(35)28-16-19-6-3-13-32(19)24(33)17-31-12-4-8-22(25(31)34)30-40(36,37)14-11-21-9-10-23(27)39-21/h2,5,7,9-11,14-15,19,22,30H,3-4,6,8,12-13,16-17H2,1H3,(H2,28,29,35)/t19-,22-/m0/s1. The number of anilines is 1. The zero-order valence-corrected chi connectivity index (χ0v) is 24.4. The molecule has 0 spiro atoms. The topological polar surface area (TPSA) is 137 Å². The molecule has 0 radical (unpaired) electrons. The lowest BCUT2D eigenvalue weighted by Gasteiger charge is -2.34. The summed E-state index contributed by atoms with van der Waals surface area (Å²) in [6.45, 7) is 1.01. The van der Waals surface area contributed by atoms with Crippen molar-refractivity contribution in [3.05, 3.63) is 51.0 Å². The lowest BCUT2D eigenvalue weighted by atomic mass is 10.1. The molecule has 2 atom stereocenters. The van der Waals surface area contributed by atoms with Gasteiger partial charge in [0, 0.05) is 47.7 Å². The number of rotatable bonds is 10. The van der Waals surface area contributed by atoms with Crippen LogP contribution in [0, 0.1) is 0 Å². The van der Waals surface area contributed by atoms with Crippen LogP contribution in [0.5, 0.6) is 5.75 Å². The van der Waals surface area contributed by atoms with Crippen LogP contribution in [0.25, 0.3) is 6.08 Å². The van der Waals surface area contributed by atoms with E-state index in [0.717, 1.165) is 18.2 Å². The Hall–Kier alpha value is -3.13. The number of sulfonamides is 1. The van der Waals surface area contributed by atoms with Crippen LogP contribution in [-0.2, 0) is 19.6 Å². The summed E-state index contributed by atoms with van der Waals surface area (Å²) in [5.41, 5.74) is 0.580. The minimum absolute atomic E-state index is 0.146. The Bertz CT molecular complexity index is 1360. The van der Waals surface area contributed by atoms with Crippen LogP contribution in [0.15, 0.2) is 41.8 Å². The van der Waals surface area contributed by atoms with Gasteiger partial charge in [0.2, 0.25) is 21.8 Å². The van der Waals surface area contributed by atoms with Gasteiger partial charge in [-0.05, 0) is 56.0 Å². The number of urea groups is 1. The Labute approximate surface area is 242 Å². The molecule has 14 heteroatoms. The van der Waals surface area contributed by atoms with Gasteiger partial charge in [0.1, 0.15) is 11.8 Å². The van der Waals surface area contributed by atoms with E-state index < -0.39 is 28.0 Å². The number of carbonyl (C=O) groups excluding carboxylic acids is 3. The number of ether oxygens (including phenoxy) is 1. The van der Waals surface area contributed by atoms with Gasteiger partial charge in [0.05, 0.1) is 18.0 Å². The molecule has 4 rings (SSSR count). The van der Waals surface area contributed by atoms with Gasteiger partial charge in [-0.15, -0.1) is 11.3 Å². The van der Waals surface area contributed by atoms with E-state index in [0.29, 0.717) is 46.6 Å². The highest BCUT2D eigenvalue weighted by atomic mass is 35.5. The van der Waals surface area contributed by atoms with Gasteiger partial charge in [0.25, 0.3) is 0 Å². The molecule has 40 heavy (non-hydrogen) atoms. The number of likely N-dealkylation sites (tertiary alicyclic amines) is 2. The third kappa shape index (κ3) is 8.19. The summed E-state index contributed by atoms with van der Waals surface area (Å²) in [5, 5.41) is 6.57. The first kappa shape index (κ1) is 29.8. The molecule has 2 aliphatic heterocycles. The normalized spacial score (nSPS) is 19.7. The van der Waals surface area contributed by atoms with Crippen LogP contribution in [0.2, 0.25) is 4.34 Å². The fraction of sp³-hybridized carbons (Fsp3) is 0.423. The summed E-state index contributed by atoms with van der Waals surface area (Å²) in [4.78, 5) is 42.4. The van der Waals surface area contributed by atoms with Crippen LogP contribution in [0.4, 0.5) is 10.5 Å². The van der Waals surface area contributed by atoms with Crippen molar-refractivity contribution in [3.8, 4) is 5.75 Å². The van der Waals surface area contributed by atoms with Gasteiger partial charge in [-0.25, -0.2) is 13.2 Å². The molecule has 1 aromatic heterocycles. The van der Waals surface area contributed by atoms with Crippen molar-refractivity contribution in [1.29, 1.82) is 0 Å². The van der Waals surface area contributed by atoms with Crippen molar-refractivity contribution in [2.45, 2.75) is 37.8 Å². The molecule has 11 nitrogen and oxygen atoms in total. The average molecular weight is 610 g/mol. The number of benzene rings is 1. The minimum Gasteiger partial charge on any atom is -0.497 e. The van der Waals surface area contributed by atoms with E-state index in [1.54, 1.807) is 48.4 Å². The summed E-state index contributed by atoms with van der Waals surface area (Å²) >= 11 is 7.12. The van der Waals surface area contributed by atoms with Crippen molar-refractivity contribution in [2.24, 2.45) is 0 Å². The van der Waals surface area contributed by atoms with E-state index in [1.807, 2.05) is 0 Å². The van der Waals surface area contributed by atoms with Gasteiger partial charge in [-0.3, -0.25) is 9.59 Å². The van der Waals surface area contributed by atoms with Gasteiger partial charge in [-0.2, -0.15) is 4.72 Å². The number of halogens is 1. The lowest BCUT2D eigenvalue weighted by molar-refractivity contribution is -0.143.